The molecule has 7 nitrogen and oxygen atoms in total. The fourth-order valence-electron chi connectivity index (χ4n) is 3.19. The lowest BCUT2D eigenvalue weighted by atomic mass is 9.90. The van der Waals surface area contributed by atoms with Crippen LogP contribution in [0.15, 0.2) is 24.3 Å². The second-order valence-electron chi connectivity index (χ2n) is 5.98. The van der Waals surface area contributed by atoms with Gasteiger partial charge in [0, 0.05) is 23.5 Å². The Labute approximate surface area is 146 Å². The van der Waals surface area contributed by atoms with Gasteiger partial charge in [0.1, 0.15) is 11.6 Å². The molecule has 2 aromatic carbocycles. The Bertz CT molecular complexity index is 934. The lowest BCUT2D eigenvalue weighted by molar-refractivity contribution is 0.193. The Morgan fingerprint density at radius 3 is 2.60 bits per heavy atom. The maximum Gasteiger partial charge on any atom is 0.306 e. The first-order valence-electron chi connectivity index (χ1n) is 7.77. The predicted octanol–water partition coefficient (Wildman–Crippen LogP) is 1.97. The SMILES string of the molecule is COc1ccc2ccc(C(=N)N)c(OS(C)(=O)=O)c2c1C1CCOC1. The zero-order valence-electron chi connectivity index (χ0n) is 14.0. The number of amidine groups is 1. The molecule has 0 bridgehead atoms. The van der Waals surface area contributed by atoms with Crippen LogP contribution in [0.5, 0.6) is 11.5 Å². The predicted molar refractivity (Wildman–Crippen MR) is 95.2 cm³/mol. The van der Waals surface area contributed by atoms with Crippen LogP contribution in [0, 0.1) is 5.41 Å². The lowest BCUT2D eigenvalue weighted by Gasteiger charge is -2.20. The van der Waals surface area contributed by atoms with E-state index in [-0.39, 0.29) is 23.1 Å². The summed E-state index contributed by atoms with van der Waals surface area (Å²) in [4.78, 5) is 0. The van der Waals surface area contributed by atoms with E-state index in [4.69, 9.17) is 24.8 Å². The first-order valence-corrected chi connectivity index (χ1v) is 9.58. The van der Waals surface area contributed by atoms with Crippen LogP contribution < -0.4 is 14.7 Å². The Kier molecular flexibility index (Phi) is 4.57. The molecule has 1 saturated heterocycles. The summed E-state index contributed by atoms with van der Waals surface area (Å²) < 4.78 is 39.9. The molecule has 1 aliphatic heterocycles. The zero-order valence-corrected chi connectivity index (χ0v) is 14.9. The van der Waals surface area contributed by atoms with E-state index in [1.807, 2.05) is 12.1 Å². The van der Waals surface area contributed by atoms with E-state index in [0.29, 0.717) is 24.3 Å². The topological polar surface area (TPSA) is 112 Å². The van der Waals surface area contributed by atoms with Gasteiger partial charge in [-0.25, -0.2) is 0 Å². The number of hydrogen-bond acceptors (Lipinski definition) is 6. The molecule has 0 saturated carbocycles. The van der Waals surface area contributed by atoms with Gasteiger partial charge in [-0.1, -0.05) is 12.1 Å². The van der Waals surface area contributed by atoms with Gasteiger partial charge in [0.15, 0.2) is 5.75 Å². The lowest BCUT2D eigenvalue weighted by Crippen LogP contribution is -2.16. The molecule has 134 valence electrons. The van der Waals surface area contributed by atoms with Crippen LogP contribution in [0.2, 0.25) is 0 Å². The molecule has 2 aromatic rings. The summed E-state index contributed by atoms with van der Waals surface area (Å²) in [7, 11) is -2.25. The van der Waals surface area contributed by atoms with Crippen molar-refractivity contribution in [2.75, 3.05) is 26.6 Å². The second kappa shape index (κ2) is 6.53. The highest BCUT2D eigenvalue weighted by atomic mass is 32.2. The van der Waals surface area contributed by atoms with Gasteiger partial charge in [-0.05, 0) is 23.9 Å². The van der Waals surface area contributed by atoms with Crippen LogP contribution in [0.1, 0.15) is 23.5 Å². The summed E-state index contributed by atoms with van der Waals surface area (Å²) in [6.45, 7) is 1.14. The third kappa shape index (κ3) is 3.40. The maximum atomic E-state index is 11.8. The summed E-state index contributed by atoms with van der Waals surface area (Å²) >= 11 is 0. The van der Waals surface area contributed by atoms with Crippen LogP contribution >= 0.6 is 0 Å². The molecule has 8 heteroatoms. The number of nitrogen functional groups attached to an aromatic ring is 1. The van der Waals surface area contributed by atoms with Crippen molar-refractivity contribution in [3.8, 4) is 11.5 Å². The molecule has 3 rings (SSSR count). The molecule has 1 heterocycles. The number of rotatable bonds is 5. The van der Waals surface area contributed by atoms with E-state index in [2.05, 4.69) is 0 Å². The number of hydrogen-bond donors (Lipinski definition) is 2. The summed E-state index contributed by atoms with van der Waals surface area (Å²) in [5.41, 5.74) is 6.70. The molecule has 1 aliphatic rings. The molecule has 25 heavy (non-hydrogen) atoms. The number of nitrogens with two attached hydrogens (primary N) is 1. The number of benzene rings is 2. The van der Waals surface area contributed by atoms with Crippen LogP contribution in [0.4, 0.5) is 0 Å². The minimum absolute atomic E-state index is 0.0442. The van der Waals surface area contributed by atoms with Crippen molar-refractivity contribution in [2.24, 2.45) is 5.73 Å². The molecule has 3 N–H and O–H groups in total. The standard InChI is InChI=1S/C17H20N2O5S/c1-22-13-6-4-10-3-5-12(17(18)19)16(24-25(2,20)21)15(10)14(13)11-7-8-23-9-11/h3-6,11H,7-9H2,1-2H3,(H3,18,19). The molecule has 1 fully saturated rings. The van der Waals surface area contributed by atoms with Gasteiger partial charge < -0.3 is 19.4 Å². The van der Waals surface area contributed by atoms with E-state index in [9.17, 15) is 8.42 Å². The highest BCUT2D eigenvalue weighted by Gasteiger charge is 2.27. The molecule has 0 spiro atoms. The van der Waals surface area contributed by atoms with Crippen molar-refractivity contribution in [3.63, 3.8) is 0 Å². The van der Waals surface area contributed by atoms with E-state index >= 15 is 0 Å². The summed E-state index contributed by atoms with van der Waals surface area (Å²) in [6, 6.07) is 7.05. The van der Waals surface area contributed by atoms with E-state index < -0.39 is 10.1 Å². The largest absolute Gasteiger partial charge is 0.496 e. The van der Waals surface area contributed by atoms with Gasteiger partial charge >= 0.3 is 10.1 Å². The quantitative estimate of drug-likeness (QED) is 0.477. The van der Waals surface area contributed by atoms with Gasteiger partial charge in [-0.3, -0.25) is 5.41 Å². The van der Waals surface area contributed by atoms with Crippen molar-refractivity contribution in [3.05, 3.63) is 35.4 Å². The third-order valence-corrected chi connectivity index (χ3v) is 4.69. The Morgan fingerprint density at radius 1 is 1.32 bits per heavy atom. The Balaban J connectivity index is 2.40. The number of nitrogens with one attached hydrogen (secondary N) is 1. The summed E-state index contributed by atoms with van der Waals surface area (Å²) in [5.74, 6) is 0.468. The molecule has 0 amide bonds. The van der Waals surface area contributed by atoms with Crippen molar-refractivity contribution in [1.29, 1.82) is 5.41 Å². The van der Waals surface area contributed by atoms with E-state index in [1.165, 1.54) is 0 Å². The van der Waals surface area contributed by atoms with E-state index in [0.717, 1.165) is 23.6 Å². The molecule has 1 unspecified atom stereocenters. The fraction of sp³-hybridized carbons (Fsp3) is 0.353. The minimum Gasteiger partial charge on any atom is -0.496 e. The van der Waals surface area contributed by atoms with Gasteiger partial charge in [-0.2, -0.15) is 8.42 Å². The van der Waals surface area contributed by atoms with Crippen molar-refractivity contribution < 1.29 is 22.1 Å². The zero-order chi connectivity index (χ0) is 18.2. The molecule has 0 aromatic heterocycles. The van der Waals surface area contributed by atoms with Crippen molar-refractivity contribution in [2.45, 2.75) is 12.3 Å². The second-order valence-corrected chi connectivity index (χ2v) is 7.56. The smallest absolute Gasteiger partial charge is 0.306 e. The molecule has 1 atom stereocenters. The van der Waals surface area contributed by atoms with Gasteiger partial charge in [0.2, 0.25) is 0 Å². The highest BCUT2D eigenvalue weighted by molar-refractivity contribution is 7.86. The van der Waals surface area contributed by atoms with Crippen LogP contribution in [0.3, 0.4) is 0 Å². The Hall–Kier alpha value is -2.32. The van der Waals surface area contributed by atoms with Gasteiger partial charge in [-0.15, -0.1) is 0 Å². The first-order chi connectivity index (χ1) is 11.8. The normalized spacial score (nSPS) is 17.6. The summed E-state index contributed by atoms with van der Waals surface area (Å²) in [6.07, 6.45) is 1.76. The third-order valence-electron chi connectivity index (χ3n) is 4.22. The van der Waals surface area contributed by atoms with Gasteiger partial charge in [0.25, 0.3) is 0 Å². The maximum absolute atomic E-state index is 11.8. The van der Waals surface area contributed by atoms with Gasteiger partial charge in [0.05, 0.1) is 25.5 Å². The van der Waals surface area contributed by atoms with Crippen molar-refractivity contribution in [1.82, 2.24) is 0 Å². The van der Waals surface area contributed by atoms with Crippen LogP contribution in [-0.4, -0.2) is 40.8 Å². The highest BCUT2D eigenvalue weighted by Crippen LogP contribution is 2.43. The average molecular weight is 364 g/mol. The fourth-order valence-corrected chi connectivity index (χ4v) is 3.66. The number of methoxy groups -OCH3 is 1. The van der Waals surface area contributed by atoms with E-state index in [1.54, 1.807) is 19.2 Å². The molecule has 0 aliphatic carbocycles. The molecular weight excluding hydrogens is 344 g/mol. The van der Waals surface area contributed by atoms with Crippen LogP contribution in [0.25, 0.3) is 10.8 Å². The molecule has 0 radical (unpaired) electrons. The Morgan fingerprint density at radius 2 is 2.04 bits per heavy atom. The van der Waals surface area contributed by atoms with Crippen LogP contribution in [-0.2, 0) is 14.9 Å². The monoisotopic (exact) mass is 364 g/mol. The summed E-state index contributed by atoms with van der Waals surface area (Å²) in [5, 5.41) is 9.16. The van der Waals surface area contributed by atoms with Crippen molar-refractivity contribution >= 4 is 26.7 Å². The number of ether oxygens (including phenoxy) is 2. The average Bonchev–Trinajstić information content (AvgIpc) is 3.06. The molecular formula is C17H20N2O5S. The number of fused-ring (bicyclic) bond motifs is 1. The minimum atomic E-state index is -3.81. The first kappa shape index (κ1) is 17.5.